The van der Waals surface area contributed by atoms with Gasteiger partial charge in [-0.2, -0.15) is 0 Å². The van der Waals surface area contributed by atoms with Crippen LogP contribution in [0.15, 0.2) is 33.5 Å². The summed E-state index contributed by atoms with van der Waals surface area (Å²) in [5.41, 5.74) is 0.408. The quantitative estimate of drug-likeness (QED) is 0.234. The number of carbonyl (C=O) groups excluding carboxylic acids is 1. The molecular formula is C24H31NO12. The summed E-state index contributed by atoms with van der Waals surface area (Å²) in [5, 5.41) is 54.5. The van der Waals surface area contributed by atoms with E-state index in [2.05, 4.69) is 5.32 Å². The van der Waals surface area contributed by atoms with E-state index in [0.29, 0.717) is 10.9 Å². The van der Waals surface area contributed by atoms with Gasteiger partial charge in [-0.15, -0.1) is 0 Å². The van der Waals surface area contributed by atoms with E-state index in [1.165, 1.54) is 26.0 Å². The van der Waals surface area contributed by atoms with Crippen molar-refractivity contribution in [3.8, 4) is 5.75 Å². The van der Waals surface area contributed by atoms with Gasteiger partial charge in [-0.3, -0.25) is 4.79 Å². The highest BCUT2D eigenvalue weighted by Crippen LogP contribution is 2.31. The van der Waals surface area contributed by atoms with Gasteiger partial charge < -0.3 is 54.2 Å². The summed E-state index contributed by atoms with van der Waals surface area (Å²) in [7, 11) is 0. The van der Waals surface area contributed by atoms with Crippen molar-refractivity contribution in [1.82, 2.24) is 5.32 Å². The average molecular weight is 526 g/mol. The molecule has 2 aromatic rings. The predicted molar refractivity (Wildman–Crippen MR) is 124 cm³/mol. The van der Waals surface area contributed by atoms with Crippen LogP contribution >= 0.6 is 0 Å². The number of ether oxygens (including phenoxy) is 4. The van der Waals surface area contributed by atoms with Gasteiger partial charge in [0.05, 0.1) is 12.7 Å². The highest BCUT2D eigenvalue weighted by molar-refractivity contribution is 5.81. The maximum Gasteiger partial charge on any atom is 0.336 e. The van der Waals surface area contributed by atoms with Crippen molar-refractivity contribution in [3.05, 3.63) is 40.2 Å². The van der Waals surface area contributed by atoms with E-state index in [4.69, 9.17) is 23.4 Å². The highest BCUT2D eigenvalue weighted by atomic mass is 16.7. The van der Waals surface area contributed by atoms with E-state index in [9.17, 15) is 35.1 Å². The van der Waals surface area contributed by atoms with Crippen molar-refractivity contribution in [2.75, 3.05) is 6.61 Å². The van der Waals surface area contributed by atoms with Crippen molar-refractivity contribution in [3.63, 3.8) is 0 Å². The Morgan fingerprint density at radius 3 is 2.43 bits per heavy atom. The number of aryl methyl sites for hydroxylation is 1. The van der Waals surface area contributed by atoms with E-state index >= 15 is 0 Å². The fourth-order valence-electron chi connectivity index (χ4n) is 4.51. The lowest BCUT2D eigenvalue weighted by Gasteiger charge is -2.47. The fraction of sp³-hybridized carbons (Fsp3) is 0.583. The highest BCUT2D eigenvalue weighted by Gasteiger charge is 2.51. The number of carbonyl (C=O) groups is 1. The molecule has 1 aromatic carbocycles. The second-order valence-electron chi connectivity index (χ2n) is 9.25. The second kappa shape index (κ2) is 11.0. The first kappa shape index (κ1) is 27.4. The lowest BCUT2D eigenvalue weighted by Crippen LogP contribution is -2.68. The summed E-state index contributed by atoms with van der Waals surface area (Å²) in [6.07, 6.45) is -12.5. The molecule has 0 radical (unpaired) electrons. The Hall–Kier alpha value is -2.62. The number of benzene rings is 1. The first-order valence-corrected chi connectivity index (χ1v) is 11.8. The minimum Gasteiger partial charge on any atom is -0.462 e. The Balaban J connectivity index is 1.65. The van der Waals surface area contributed by atoms with E-state index < -0.39 is 79.5 Å². The number of rotatable bonds is 6. The Morgan fingerprint density at radius 2 is 1.76 bits per heavy atom. The molecule has 0 aliphatic carbocycles. The molecule has 0 bridgehead atoms. The maximum absolute atomic E-state index is 12.1. The second-order valence-corrected chi connectivity index (χ2v) is 9.25. The van der Waals surface area contributed by atoms with Crippen LogP contribution in [0, 0.1) is 6.92 Å². The lowest BCUT2D eigenvalue weighted by atomic mass is 9.95. The molecule has 0 spiro atoms. The molecule has 4 rings (SSSR count). The summed E-state index contributed by atoms with van der Waals surface area (Å²) >= 11 is 0. The van der Waals surface area contributed by atoms with Gasteiger partial charge >= 0.3 is 5.63 Å². The third-order valence-electron chi connectivity index (χ3n) is 6.50. The van der Waals surface area contributed by atoms with Gasteiger partial charge in [0.15, 0.2) is 6.29 Å². The molecule has 2 aliphatic rings. The van der Waals surface area contributed by atoms with Crippen LogP contribution in [0.4, 0.5) is 0 Å². The van der Waals surface area contributed by atoms with Gasteiger partial charge in [0, 0.05) is 24.4 Å². The molecule has 37 heavy (non-hydrogen) atoms. The Labute approximate surface area is 211 Å². The number of amides is 1. The topological polar surface area (TPSA) is 197 Å². The molecule has 13 nitrogen and oxygen atoms in total. The molecule has 6 N–H and O–H groups in total. The van der Waals surface area contributed by atoms with E-state index in [1.54, 1.807) is 19.1 Å². The predicted octanol–water partition coefficient (Wildman–Crippen LogP) is -1.72. The Kier molecular flexibility index (Phi) is 8.16. The molecule has 0 saturated carbocycles. The lowest BCUT2D eigenvalue weighted by molar-refractivity contribution is -0.335. The number of fused-ring (bicyclic) bond motifs is 1. The smallest absolute Gasteiger partial charge is 0.336 e. The average Bonchev–Trinajstić information content (AvgIpc) is 2.84. The Morgan fingerprint density at radius 1 is 1.03 bits per heavy atom. The molecule has 2 unspecified atom stereocenters. The standard InChI is InChI=1S/C24H31NO12/c1-9-6-16(28)35-14-7-12(4-5-13(9)14)34-23-17(25-11(3)27)22(19(30)15(8-26)36-23)37-24-21(32)20(31)18(29)10(2)33-24/h4-7,10,15,17-24,26,29-32H,8H2,1-3H3,(H,25,27)/t10-,15?,17-,18+,19+,20-,21-,22+,23+,24?/m0/s1. The van der Waals surface area contributed by atoms with Crippen molar-refractivity contribution < 1.29 is 53.7 Å². The van der Waals surface area contributed by atoms with Crippen molar-refractivity contribution in [1.29, 1.82) is 0 Å². The van der Waals surface area contributed by atoms with Gasteiger partial charge in [-0.25, -0.2) is 4.79 Å². The number of hydrogen-bond acceptors (Lipinski definition) is 12. The van der Waals surface area contributed by atoms with Crippen LogP contribution in [0.3, 0.4) is 0 Å². The third kappa shape index (κ3) is 5.63. The molecule has 13 heteroatoms. The molecule has 3 heterocycles. The number of nitrogens with one attached hydrogen (secondary N) is 1. The summed E-state index contributed by atoms with van der Waals surface area (Å²) in [5.74, 6) is -0.339. The van der Waals surface area contributed by atoms with E-state index in [1.807, 2.05) is 0 Å². The minimum atomic E-state index is -1.68. The van der Waals surface area contributed by atoms with Crippen LogP contribution in [0.1, 0.15) is 19.4 Å². The molecule has 2 aliphatic heterocycles. The summed E-state index contributed by atoms with van der Waals surface area (Å²) < 4.78 is 28.2. The molecule has 10 atom stereocenters. The van der Waals surface area contributed by atoms with Gasteiger partial charge in [0.25, 0.3) is 0 Å². The molecule has 2 saturated heterocycles. The SMILES string of the molecule is CC(=O)N[C@@H]1[C@H](Oc2ccc3c(C)cc(=O)oc3c2)OC(CO)[C@@H](O)[C@@H]1OC1O[C@@H](C)[C@@H](O)[C@H](O)[C@@H]1O. The molecule has 1 aromatic heterocycles. The van der Waals surface area contributed by atoms with Crippen LogP contribution in [0.5, 0.6) is 5.75 Å². The van der Waals surface area contributed by atoms with Crippen LogP contribution < -0.4 is 15.7 Å². The van der Waals surface area contributed by atoms with Gasteiger partial charge in [-0.1, -0.05) is 0 Å². The zero-order chi connectivity index (χ0) is 27.0. The number of aliphatic hydroxyl groups is 5. The van der Waals surface area contributed by atoms with Gasteiger partial charge in [0.2, 0.25) is 12.2 Å². The normalized spacial score (nSPS) is 36.3. The monoisotopic (exact) mass is 525 g/mol. The molecule has 204 valence electrons. The number of aliphatic hydroxyl groups excluding tert-OH is 5. The summed E-state index contributed by atoms with van der Waals surface area (Å²) in [4.78, 5) is 23.9. The number of hydrogen-bond donors (Lipinski definition) is 6. The van der Waals surface area contributed by atoms with Crippen molar-refractivity contribution in [2.45, 2.75) is 82.1 Å². The van der Waals surface area contributed by atoms with Crippen LogP contribution in [-0.4, -0.2) is 99.4 Å². The fourth-order valence-corrected chi connectivity index (χ4v) is 4.51. The van der Waals surface area contributed by atoms with Crippen LogP contribution in [0.2, 0.25) is 0 Å². The van der Waals surface area contributed by atoms with Crippen LogP contribution in [-0.2, 0) is 19.0 Å². The molecule has 1 amide bonds. The van der Waals surface area contributed by atoms with Crippen LogP contribution in [0.25, 0.3) is 11.0 Å². The minimum absolute atomic E-state index is 0.189. The first-order chi connectivity index (χ1) is 17.5. The first-order valence-electron chi connectivity index (χ1n) is 11.8. The molecular weight excluding hydrogens is 494 g/mol. The van der Waals surface area contributed by atoms with E-state index in [-0.39, 0.29) is 11.3 Å². The van der Waals surface area contributed by atoms with E-state index in [0.717, 1.165) is 0 Å². The zero-order valence-corrected chi connectivity index (χ0v) is 20.4. The summed E-state index contributed by atoms with van der Waals surface area (Å²) in [6.45, 7) is 3.79. The van der Waals surface area contributed by atoms with Gasteiger partial charge in [0.1, 0.15) is 54.0 Å². The molecule has 2 fully saturated rings. The summed E-state index contributed by atoms with van der Waals surface area (Å²) in [6, 6.07) is 4.89. The van der Waals surface area contributed by atoms with Crippen molar-refractivity contribution in [2.24, 2.45) is 0 Å². The Bertz CT molecular complexity index is 1170. The maximum atomic E-state index is 12.1. The largest absolute Gasteiger partial charge is 0.462 e. The van der Waals surface area contributed by atoms with Gasteiger partial charge in [-0.05, 0) is 31.5 Å². The third-order valence-corrected chi connectivity index (χ3v) is 6.50. The van der Waals surface area contributed by atoms with Crippen molar-refractivity contribution >= 4 is 16.9 Å². The zero-order valence-electron chi connectivity index (χ0n) is 20.4.